The lowest BCUT2D eigenvalue weighted by Crippen LogP contribution is -2.39. The molecule has 1 atom stereocenters. The van der Waals surface area contributed by atoms with Crippen LogP contribution in [-0.4, -0.2) is 35.3 Å². The minimum Gasteiger partial charge on any atom is -0.447 e. The second-order valence-corrected chi connectivity index (χ2v) is 6.25. The molecule has 0 aliphatic carbocycles. The molecular weight excluding hydrogens is 361 g/mol. The first-order chi connectivity index (χ1) is 13.3. The lowest BCUT2D eigenvalue weighted by molar-refractivity contribution is -0.128. The molecule has 0 bridgehead atoms. The third kappa shape index (κ3) is 6.95. The van der Waals surface area contributed by atoms with Crippen LogP contribution in [0.2, 0.25) is 0 Å². The average Bonchev–Trinajstić information content (AvgIpc) is 3.05. The quantitative estimate of drug-likeness (QED) is 0.381. The molecule has 1 aliphatic heterocycles. The molecule has 0 saturated carbocycles. The fourth-order valence-corrected chi connectivity index (χ4v) is 2.50. The van der Waals surface area contributed by atoms with E-state index in [2.05, 4.69) is 13.2 Å². The number of imide groups is 1. The number of Topliss-reactive ketones (excluding diaryl/α,β-unsaturated/α-hetero) is 1. The molecule has 0 aromatic heterocycles. The van der Waals surface area contributed by atoms with Crippen molar-refractivity contribution in [2.45, 2.75) is 39.2 Å². The molecule has 1 aromatic carbocycles. The van der Waals surface area contributed by atoms with Crippen molar-refractivity contribution in [1.29, 1.82) is 0 Å². The van der Waals surface area contributed by atoms with Crippen molar-refractivity contribution >= 4 is 17.8 Å². The average molecular weight is 387 g/mol. The van der Waals surface area contributed by atoms with Crippen LogP contribution in [0.4, 0.5) is 9.18 Å². The van der Waals surface area contributed by atoms with E-state index in [9.17, 15) is 18.8 Å². The molecule has 0 radical (unpaired) electrons. The highest BCUT2D eigenvalue weighted by Crippen LogP contribution is 2.20. The molecule has 1 fully saturated rings. The van der Waals surface area contributed by atoms with Gasteiger partial charge in [0.1, 0.15) is 12.4 Å². The number of nitrogens with zero attached hydrogens (tertiary/aromatic N) is 1. The van der Waals surface area contributed by atoms with Crippen LogP contribution in [-0.2, 0) is 9.53 Å². The molecule has 0 unspecified atom stereocenters. The van der Waals surface area contributed by atoms with Gasteiger partial charge in [0.15, 0.2) is 5.78 Å². The SMILES string of the molecule is C=C(C)[C@H]1COC(=O)N1C(=O)CCCC(=O)c1ccc(F)cc1.C=C/C=C\C. The largest absolute Gasteiger partial charge is 0.447 e. The zero-order valence-electron chi connectivity index (χ0n) is 16.3. The van der Waals surface area contributed by atoms with Crippen LogP contribution < -0.4 is 0 Å². The molecule has 28 heavy (non-hydrogen) atoms. The Morgan fingerprint density at radius 3 is 2.43 bits per heavy atom. The van der Waals surface area contributed by atoms with Crippen LogP contribution in [0, 0.1) is 5.82 Å². The summed E-state index contributed by atoms with van der Waals surface area (Å²) in [4.78, 5) is 36.8. The van der Waals surface area contributed by atoms with Crippen molar-refractivity contribution in [1.82, 2.24) is 4.90 Å². The minimum absolute atomic E-state index is 0.0613. The Labute approximate surface area is 165 Å². The highest BCUT2D eigenvalue weighted by molar-refractivity contribution is 5.97. The Kier molecular flexibility index (Phi) is 9.57. The van der Waals surface area contributed by atoms with Crippen LogP contribution in [0.15, 0.2) is 61.2 Å². The van der Waals surface area contributed by atoms with Crippen molar-refractivity contribution in [2.24, 2.45) is 0 Å². The van der Waals surface area contributed by atoms with E-state index in [0.717, 1.165) is 4.90 Å². The summed E-state index contributed by atoms with van der Waals surface area (Å²) < 4.78 is 17.7. The van der Waals surface area contributed by atoms with E-state index < -0.39 is 18.0 Å². The summed E-state index contributed by atoms with van der Waals surface area (Å²) in [6, 6.07) is 4.82. The maximum atomic E-state index is 12.8. The van der Waals surface area contributed by atoms with Crippen molar-refractivity contribution in [3.63, 3.8) is 0 Å². The summed E-state index contributed by atoms with van der Waals surface area (Å²) in [6.45, 7) is 11.0. The van der Waals surface area contributed by atoms with E-state index in [1.165, 1.54) is 24.3 Å². The Hall–Kier alpha value is -3.02. The molecule has 1 aliphatic rings. The number of ketones is 1. The van der Waals surface area contributed by atoms with Gasteiger partial charge in [0.2, 0.25) is 5.91 Å². The highest BCUT2D eigenvalue weighted by Gasteiger charge is 2.37. The zero-order valence-corrected chi connectivity index (χ0v) is 16.3. The molecule has 2 amide bonds. The number of hydrogen-bond donors (Lipinski definition) is 0. The lowest BCUT2D eigenvalue weighted by atomic mass is 10.0. The smallest absolute Gasteiger partial charge is 0.417 e. The Morgan fingerprint density at radius 2 is 1.93 bits per heavy atom. The number of rotatable bonds is 7. The number of carbonyl (C=O) groups is 3. The first-order valence-corrected chi connectivity index (χ1v) is 8.98. The van der Waals surface area contributed by atoms with Crippen molar-refractivity contribution in [3.05, 3.63) is 72.6 Å². The Bertz CT molecular complexity index is 752. The van der Waals surface area contributed by atoms with Gasteiger partial charge in [0, 0.05) is 18.4 Å². The molecule has 0 spiro atoms. The van der Waals surface area contributed by atoms with Crippen molar-refractivity contribution < 1.29 is 23.5 Å². The van der Waals surface area contributed by atoms with E-state index in [4.69, 9.17) is 4.74 Å². The number of hydrogen-bond acceptors (Lipinski definition) is 4. The van der Waals surface area contributed by atoms with Crippen LogP contribution in [0.1, 0.15) is 43.5 Å². The summed E-state index contributed by atoms with van der Waals surface area (Å²) in [6.07, 6.45) is 5.42. The predicted molar refractivity (Wildman–Crippen MR) is 106 cm³/mol. The van der Waals surface area contributed by atoms with E-state index in [1.807, 2.05) is 19.1 Å². The fourth-order valence-electron chi connectivity index (χ4n) is 2.50. The van der Waals surface area contributed by atoms with Crippen molar-refractivity contribution in [2.75, 3.05) is 6.61 Å². The molecule has 1 aromatic rings. The van der Waals surface area contributed by atoms with E-state index in [0.29, 0.717) is 17.6 Å². The van der Waals surface area contributed by atoms with Crippen molar-refractivity contribution in [3.8, 4) is 0 Å². The summed E-state index contributed by atoms with van der Waals surface area (Å²) >= 11 is 0. The van der Waals surface area contributed by atoms with Gasteiger partial charge in [-0.2, -0.15) is 0 Å². The van der Waals surface area contributed by atoms with Gasteiger partial charge in [-0.15, -0.1) is 0 Å². The molecular formula is C22H26FNO4. The number of cyclic esters (lactones) is 1. The van der Waals surface area contributed by atoms with Crippen LogP contribution in [0.3, 0.4) is 0 Å². The third-order valence-corrected chi connectivity index (χ3v) is 4.00. The van der Waals surface area contributed by atoms with Gasteiger partial charge in [0.05, 0.1) is 6.04 Å². The fraction of sp³-hybridized carbons (Fsp3) is 0.318. The maximum Gasteiger partial charge on any atom is 0.417 e. The van der Waals surface area contributed by atoms with E-state index in [-0.39, 0.29) is 31.1 Å². The van der Waals surface area contributed by atoms with Gasteiger partial charge in [-0.3, -0.25) is 9.59 Å². The summed E-state index contributed by atoms with van der Waals surface area (Å²) in [5.74, 6) is -0.958. The van der Waals surface area contributed by atoms with Gasteiger partial charge in [-0.25, -0.2) is 14.1 Å². The number of benzene rings is 1. The Morgan fingerprint density at radius 1 is 1.29 bits per heavy atom. The first kappa shape index (κ1) is 23.0. The van der Waals surface area contributed by atoms with Gasteiger partial charge in [0.25, 0.3) is 0 Å². The van der Waals surface area contributed by atoms with Gasteiger partial charge < -0.3 is 4.74 Å². The van der Waals surface area contributed by atoms with E-state index in [1.54, 1.807) is 13.0 Å². The van der Waals surface area contributed by atoms with Gasteiger partial charge in [-0.1, -0.05) is 37.0 Å². The topological polar surface area (TPSA) is 63.7 Å². The normalized spacial score (nSPS) is 15.6. The van der Waals surface area contributed by atoms with Gasteiger partial charge in [-0.05, 0) is 44.5 Å². The summed E-state index contributed by atoms with van der Waals surface area (Å²) in [5, 5.41) is 0. The number of amides is 2. The molecule has 150 valence electrons. The second-order valence-electron chi connectivity index (χ2n) is 6.25. The lowest BCUT2D eigenvalue weighted by Gasteiger charge is -2.19. The molecule has 5 nitrogen and oxygen atoms in total. The van der Waals surface area contributed by atoms with Gasteiger partial charge >= 0.3 is 6.09 Å². The maximum absolute atomic E-state index is 12.8. The molecule has 1 heterocycles. The zero-order chi connectivity index (χ0) is 21.1. The summed E-state index contributed by atoms with van der Waals surface area (Å²) in [7, 11) is 0. The number of carbonyl (C=O) groups excluding carboxylic acids is 3. The van der Waals surface area contributed by atoms with Crippen LogP contribution >= 0.6 is 0 Å². The minimum atomic E-state index is -0.673. The number of ether oxygens (including phenoxy) is 1. The van der Waals surface area contributed by atoms with Crippen LogP contribution in [0.5, 0.6) is 0 Å². The standard InChI is InChI=1S/C17H18FNO4.C5H8/c1-11(2)14-10-23-17(22)19(14)16(21)5-3-4-15(20)12-6-8-13(18)9-7-12;1-3-5-4-2/h6-9,14H,1,3-5,10H2,2H3;3-5H,1H2,2H3/b;5-4-/t14-;/m1./s1. The Balaban J connectivity index is 0.000000696. The predicted octanol–water partition coefficient (Wildman–Crippen LogP) is 4.85. The number of halogens is 1. The summed E-state index contributed by atoms with van der Waals surface area (Å²) in [5.41, 5.74) is 1.07. The number of allylic oxidation sites excluding steroid dienone is 3. The van der Waals surface area contributed by atoms with E-state index >= 15 is 0 Å². The highest BCUT2D eigenvalue weighted by atomic mass is 19.1. The monoisotopic (exact) mass is 387 g/mol. The molecule has 2 rings (SSSR count). The molecule has 0 N–H and O–H groups in total. The molecule has 6 heteroatoms. The molecule has 1 saturated heterocycles. The third-order valence-electron chi connectivity index (χ3n) is 4.00. The van der Waals surface area contributed by atoms with Crippen LogP contribution in [0.25, 0.3) is 0 Å². The first-order valence-electron chi connectivity index (χ1n) is 8.98. The second kappa shape index (κ2) is 11.6.